The zero-order valence-electron chi connectivity index (χ0n) is 10.5. The van der Waals surface area contributed by atoms with E-state index in [-0.39, 0.29) is 15.7 Å². The highest BCUT2D eigenvalue weighted by Gasteiger charge is 2.16. The first kappa shape index (κ1) is 16.0. The lowest BCUT2D eigenvalue weighted by atomic mass is 10.4. The standard InChI is InChI=1S/C13H13BrClNO2S2/c14-10-7-11(19-9-10)8-16-5-6-20(17,18)13-4-2-1-3-12(13)15/h1-4,7,9,16H,5-6,8H2. The average molecular weight is 395 g/mol. The van der Waals surface area contributed by atoms with Crippen LogP contribution in [0.5, 0.6) is 0 Å². The molecule has 0 saturated carbocycles. The van der Waals surface area contributed by atoms with Gasteiger partial charge >= 0.3 is 0 Å². The van der Waals surface area contributed by atoms with Crippen molar-refractivity contribution < 1.29 is 8.42 Å². The fourth-order valence-corrected chi connectivity index (χ4v) is 4.86. The number of hydrogen-bond donors (Lipinski definition) is 1. The Morgan fingerprint density at radius 1 is 1.30 bits per heavy atom. The Labute approximate surface area is 136 Å². The van der Waals surface area contributed by atoms with Crippen molar-refractivity contribution in [1.29, 1.82) is 0 Å². The Balaban J connectivity index is 1.89. The maximum atomic E-state index is 12.1. The smallest absolute Gasteiger partial charge is 0.181 e. The quantitative estimate of drug-likeness (QED) is 0.759. The van der Waals surface area contributed by atoms with Gasteiger partial charge in [0.15, 0.2) is 9.84 Å². The highest BCUT2D eigenvalue weighted by atomic mass is 79.9. The lowest BCUT2D eigenvalue weighted by molar-refractivity contribution is 0.591. The van der Waals surface area contributed by atoms with Gasteiger partial charge in [-0.25, -0.2) is 8.42 Å². The molecule has 1 N–H and O–H groups in total. The van der Waals surface area contributed by atoms with Gasteiger partial charge in [0.1, 0.15) is 0 Å². The zero-order valence-corrected chi connectivity index (χ0v) is 14.4. The molecule has 0 atom stereocenters. The summed E-state index contributed by atoms with van der Waals surface area (Å²) in [4.78, 5) is 1.36. The van der Waals surface area contributed by atoms with Crippen molar-refractivity contribution in [1.82, 2.24) is 5.32 Å². The second kappa shape index (κ2) is 7.04. The van der Waals surface area contributed by atoms with Gasteiger partial charge in [0.25, 0.3) is 0 Å². The Bertz CT molecular complexity index is 685. The monoisotopic (exact) mass is 393 g/mol. The molecule has 7 heteroatoms. The predicted octanol–water partition coefficient (Wildman–Crippen LogP) is 3.73. The Hall–Kier alpha value is -0.400. The van der Waals surface area contributed by atoms with Gasteiger partial charge in [-0.15, -0.1) is 11.3 Å². The minimum absolute atomic E-state index is 0.0310. The van der Waals surface area contributed by atoms with E-state index in [1.807, 2.05) is 11.4 Å². The molecule has 0 spiro atoms. The van der Waals surface area contributed by atoms with Gasteiger partial charge in [-0.1, -0.05) is 23.7 Å². The van der Waals surface area contributed by atoms with E-state index in [1.54, 1.807) is 29.5 Å². The summed E-state index contributed by atoms with van der Waals surface area (Å²) in [5.41, 5.74) is 0. The van der Waals surface area contributed by atoms with Crippen molar-refractivity contribution in [2.75, 3.05) is 12.3 Å². The molecule has 1 aromatic heterocycles. The molecular formula is C13H13BrClNO2S2. The molecule has 1 aromatic carbocycles. The van der Waals surface area contributed by atoms with Crippen molar-refractivity contribution >= 4 is 48.7 Å². The third kappa shape index (κ3) is 4.30. The van der Waals surface area contributed by atoms with Crippen LogP contribution >= 0.6 is 38.9 Å². The van der Waals surface area contributed by atoms with E-state index in [0.717, 1.165) is 9.35 Å². The molecule has 0 amide bonds. The molecule has 0 saturated heterocycles. The maximum Gasteiger partial charge on any atom is 0.181 e. The molecule has 108 valence electrons. The fourth-order valence-electron chi connectivity index (χ4n) is 1.67. The second-order valence-corrected chi connectivity index (χ2v) is 8.55. The topological polar surface area (TPSA) is 46.2 Å². The summed E-state index contributed by atoms with van der Waals surface area (Å²) < 4.78 is 25.3. The number of thiophene rings is 1. The van der Waals surface area contributed by atoms with E-state index in [4.69, 9.17) is 11.6 Å². The van der Waals surface area contributed by atoms with Gasteiger partial charge in [-0.2, -0.15) is 0 Å². The van der Waals surface area contributed by atoms with Gasteiger partial charge in [0, 0.05) is 27.8 Å². The molecule has 2 aromatic rings. The first-order valence-electron chi connectivity index (χ1n) is 5.90. The van der Waals surface area contributed by atoms with Crippen LogP contribution in [0, 0.1) is 0 Å². The molecule has 0 fully saturated rings. The largest absolute Gasteiger partial charge is 0.311 e. The van der Waals surface area contributed by atoms with Crippen molar-refractivity contribution in [2.45, 2.75) is 11.4 Å². The van der Waals surface area contributed by atoms with Gasteiger partial charge < -0.3 is 5.32 Å². The van der Waals surface area contributed by atoms with Crippen LogP contribution in [0.2, 0.25) is 5.02 Å². The number of halogens is 2. The van der Waals surface area contributed by atoms with Crippen LogP contribution in [-0.4, -0.2) is 20.7 Å². The summed E-state index contributed by atoms with van der Waals surface area (Å²) >= 11 is 10.9. The molecule has 0 bridgehead atoms. The number of sulfone groups is 1. The molecule has 20 heavy (non-hydrogen) atoms. The van der Waals surface area contributed by atoms with Crippen LogP contribution in [0.4, 0.5) is 0 Å². The number of nitrogens with one attached hydrogen (secondary N) is 1. The third-order valence-corrected chi connectivity index (χ3v) is 6.55. The van der Waals surface area contributed by atoms with Crippen molar-refractivity contribution in [3.63, 3.8) is 0 Å². The Morgan fingerprint density at radius 2 is 2.05 bits per heavy atom. The number of benzene rings is 1. The van der Waals surface area contributed by atoms with Crippen LogP contribution < -0.4 is 5.32 Å². The number of rotatable bonds is 6. The summed E-state index contributed by atoms with van der Waals surface area (Å²) in [5.74, 6) is 0.0310. The third-order valence-electron chi connectivity index (χ3n) is 2.64. The normalized spacial score (nSPS) is 11.7. The Kier molecular flexibility index (Phi) is 5.63. The highest BCUT2D eigenvalue weighted by Crippen LogP contribution is 2.22. The lowest BCUT2D eigenvalue weighted by Gasteiger charge is -2.07. The van der Waals surface area contributed by atoms with Crippen molar-refractivity contribution in [3.8, 4) is 0 Å². The van der Waals surface area contributed by atoms with Crippen LogP contribution in [0.1, 0.15) is 4.88 Å². The molecule has 1 heterocycles. The number of hydrogen-bond acceptors (Lipinski definition) is 4. The average Bonchev–Trinajstić information content (AvgIpc) is 2.81. The first-order chi connectivity index (χ1) is 9.49. The van der Waals surface area contributed by atoms with Crippen LogP contribution in [-0.2, 0) is 16.4 Å². The lowest BCUT2D eigenvalue weighted by Crippen LogP contribution is -2.22. The second-order valence-electron chi connectivity index (χ2n) is 4.16. The van der Waals surface area contributed by atoms with Crippen LogP contribution in [0.15, 0.2) is 45.1 Å². The van der Waals surface area contributed by atoms with E-state index < -0.39 is 9.84 Å². The molecule has 0 aliphatic heterocycles. The summed E-state index contributed by atoms with van der Waals surface area (Å²) in [6.45, 7) is 1.05. The van der Waals surface area contributed by atoms with E-state index in [1.165, 1.54) is 6.07 Å². The van der Waals surface area contributed by atoms with Crippen molar-refractivity contribution in [2.24, 2.45) is 0 Å². The van der Waals surface area contributed by atoms with E-state index in [9.17, 15) is 8.42 Å². The van der Waals surface area contributed by atoms with E-state index in [0.29, 0.717) is 13.1 Å². The van der Waals surface area contributed by atoms with Gasteiger partial charge in [0.05, 0.1) is 15.7 Å². The molecule has 3 nitrogen and oxygen atoms in total. The van der Waals surface area contributed by atoms with Gasteiger partial charge in [-0.3, -0.25) is 0 Å². The predicted molar refractivity (Wildman–Crippen MR) is 87.2 cm³/mol. The first-order valence-corrected chi connectivity index (χ1v) is 9.60. The van der Waals surface area contributed by atoms with Gasteiger partial charge in [0.2, 0.25) is 0 Å². The minimum Gasteiger partial charge on any atom is -0.311 e. The molecule has 2 rings (SSSR count). The van der Waals surface area contributed by atoms with Crippen molar-refractivity contribution in [3.05, 3.63) is 50.1 Å². The highest BCUT2D eigenvalue weighted by molar-refractivity contribution is 9.10. The van der Waals surface area contributed by atoms with Gasteiger partial charge in [-0.05, 0) is 34.1 Å². The molecule has 0 unspecified atom stereocenters. The maximum absolute atomic E-state index is 12.1. The molecule has 0 aliphatic carbocycles. The Morgan fingerprint density at radius 3 is 2.70 bits per heavy atom. The molecule has 0 aliphatic rings. The SMILES string of the molecule is O=S(=O)(CCNCc1cc(Br)cs1)c1ccccc1Cl. The summed E-state index contributed by atoms with van der Waals surface area (Å²) in [6.07, 6.45) is 0. The molecular weight excluding hydrogens is 382 g/mol. The summed E-state index contributed by atoms with van der Waals surface area (Å²) in [5, 5.41) is 5.40. The molecule has 0 radical (unpaired) electrons. The fraction of sp³-hybridized carbons (Fsp3) is 0.231. The van der Waals surface area contributed by atoms with Crippen LogP contribution in [0.3, 0.4) is 0 Å². The summed E-state index contributed by atoms with van der Waals surface area (Å²) in [6, 6.07) is 8.53. The van der Waals surface area contributed by atoms with E-state index in [2.05, 4.69) is 21.2 Å². The van der Waals surface area contributed by atoms with E-state index >= 15 is 0 Å². The minimum atomic E-state index is -3.34. The van der Waals surface area contributed by atoms with Crippen LogP contribution in [0.25, 0.3) is 0 Å². The summed E-state index contributed by atoms with van der Waals surface area (Å²) in [7, 11) is -3.34. The zero-order chi connectivity index (χ0) is 14.6.